The van der Waals surface area contributed by atoms with Gasteiger partial charge in [-0.15, -0.1) is 11.8 Å². The molecule has 0 amide bonds. The molecule has 0 saturated carbocycles. The summed E-state index contributed by atoms with van der Waals surface area (Å²) in [5.74, 6) is 4.70. The SMILES string of the molecule is Nc1ccccc1-c1nc(C2CSCCS2)no1. The molecular formula is C12H13N3OS2. The summed E-state index contributed by atoms with van der Waals surface area (Å²) in [6, 6.07) is 7.55. The first-order valence-electron chi connectivity index (χ1n) is 5.72. The maximum absolute atomic E-state index is 5.90. The monoisotopic (exact) mass is 279 g/mol. The first kappa shape index (κ1) is 11.9. The third-order valence-electron chi connectivity index (χ3n) is 2.74. The van der Waals surface area contributed by atoms with Crippen LogP contribution in [0.25, 0.3) is 11.5 Å². The van der Waals surface area contributed by atoms with Crippen LogP contribution in [0.3, 0.4) is 0 Å². The van der Waals surface area contributed by atoms with E-state index in [4.69, 9.17) is 10.3 Å². The van der Waals surface area contributed by atoms with Crippen LogP contribution in [0.5, 0.6) is 0 Å². The molecule has 1 unspecified atom stereocenters. The predicted molar refractivity (Wildman–Crippen MR) is 76.7 cm³/mol. The number of nitrogen functional groups attached to an aromatic ring is 1. The van der Waals surface area contributed by atoms with E-state index in [0.29, 0.717) is 16.8 Å². The summed E-state index contributed by atoms with van der Waals surface area (Å²) in [7, 11) is 0. The van der Waals surface area contributed by atoms with E-state index in [-0.39, 0.29) is 0 Å². The fraction of sp³-hybridized carbons (Fsp3) is 0.333. The lowest BCUT2D eigenvalue weighted by atomic mass is 10.2. The molecule has 0 aliphatic carbocycles. The van der Waals surface area contributed by atoms with Gasteiger partial charge in [-0.05, 0) is 12.1 Å². The van der Waals surface area contributed by atoms with Gasteiger partial charge in [-0.25, -0.2) is 0 Å². The Labute approximate surface area is 114 Å². The highest BCUT2D eigenvalue weighted by atomic mass is 32.2. The van der Waals surface area contributed by atoms with Crippen LogP contribution in [0.15, 0.2) is 28.8 Å². The number of nitrogens with zero attached hydrogens (tertiary/aromatic N) is 2. The van der Waals surface area contributed by atoms with Gasteiger partial charge in [0.1, 0.15) is 0 Å². The molecule has 0 spiro atoms. The molecule has 1 aliphatic rings. The molecule has 2 aromatic rings. The Hall–Kier alpha value is -1.14. The molecule has 1 atom stereocenters. The highest BCUT2D eigenvalue weighted by Crippen LogP contribution is 2.36. The second-order valence-electron chi connectivity index (χ2n) is 3.98. The average molecular weight is 279 g/mol. The zero-order chi connectivity index (χ0) is 12.4. The molecule has 1 aromatic carbocycles. The Bertz CT molecular complexity index is 538. The number of hydrogen-bond acceptors (Lipinski definition) is 6. The number of benzene rings is 1. The molecular weight excluding hydrogens is 266 g/mol. The Morgan fingerprint density at radius 1 is 1.28 bits per heavy atom. The van der Waals surface area contributed by atoms with E-state index in [2.05, 4.69) is 10.1 Å². The minimum absolute atomic E-state index is 0.339. The highest BCUT2D eigenvalue weighted by molar-refractivity contribution is 8.06. The number of aromatic nitrogens is 2. The second-order valence-corrected chi connectivity index (χ2v) is 6.44. The van der Waals surface area contributed by atoms with Crippen molar-refractivity contribution in [2.24, 2.45) is 0 Å². The van der Waals surface area contributed by atoms with E-state index >= 15 is 0 Å². The quantitative estimate of drug-likeness (QED) is 0.853. The van der Waals surface area contributed by atoms with E-state index in [1.54, 1.807) is 0 Å². The van der Waals surface area contributed by atoms with Crippen LogP contribution in [-0.2, 0) is 0 Å². The summed E-state index contributed by atoms with van der Waals surface area (Å²) in [6.07, 6.45) is 0. The molecule has 2 N–H and O–H groups in total. The van der Waals surface area contributed by atoms with Gasteiger partial charge in [0.15, 0.2) is 5.82 Å². The smallest absolute Gasteiger partial charge is 0.260 e. The van der Waals surface area contributed by atoms with E-state index in [0.717, 1.165) is 22.9 Å². The molecule has 18 heavy (non-hydrogen) atoms. The standard InChI is InChI=1S/C12H13N3OS2/c13-9-4-2-1-3-8(9)12-14-11(15-16-12)10-7-17-5-6-18-10/h1-4,10H,5-7,13H2. The molecule has 1 fully saturated rings. The molecule has 4 nitrogen and oxygen atoms in total. The van der Waals surface area contributed by atoms with Crippen LogP contribution in [0.2, 0.25) is 0 Å². The number of anilines is 1. The first-order valence-corrected chi connectivity index (χ1v) is 7.93. The fourth-order valence-electron chi connectivity index (χ4n) is 1.80. The summed E-state index contributed by atoms with van der Waals surface area (Å²) in [4.78, 5) is 4.47. The van der Waals surface area contributed by atoms with Crippen LogP contribution in [0.1, 0.15) is 11.1 Å². The zero-order valence-corrected chi connectivity index (χ0v) is 11.3. The Kier molecular flexibility index (Phi) is 3.47. The highest BCUT2D eigenvalue weighted by Gasteiger charge is 2.22. The summed E-state index contributed by atoms with van der Waals surface area (Å²) >= 11 is 3.83. The molecule has 6 heteroatoms. The lowest BCUT2D eigenvalue weighted by Crippen LogP contribution is -2.07. The maximum atomic E-state index is 5.90. The number of thioether (sulfide) groups is 2. The van der Waals surface area contributed by atoms with Crippen molar-refractivity contribution < 1.29 is 4.52 Å². The summed E-state index contributed by atoms with van der Waals surface area (Å²) < 4.78 is 5.32. The van der Waals surface area contributed by atoms with Crippen molar-refractivity contribution in [3.63, 3.8) is 0 Å². The molecule has 2 heterocycles. The van der Waals surface area contributed by atoms with Gasteiger partial charge in [0.05, 0.1) is 10.8 Å². The molecule has 0 radical (unpaired) electrons. The van der Waals surface area contributed by atoms with Gasteiger partial charge in [0.25, 0.3) is 5.89 Å². The fourth-order valence-corrected chi connectivity index (χ4v) is 4.39. The normalized spacial score (nSPS) is 19.9. The lowest BCUT2D eigenvalue weighted by Gasteiger charge is -2.16. The molecule has 1 saturated heterocycles. The Morgan fingerprint density at radius 3 is 2.94 bits per heavy atom. The van der Waals surface area contributed by atoms with Crippen LogP contribution >= 0.6 is 23.5 Å². The summed E-state index contributed by atoms with van der Waals surface area (Å²) in [5.41, 5.74) is 7.38. The maximum Gasteiger partial charge on any atom is 0.260 e. The predicted octanol–water partition coefficient (Wildman–Crippen LogP) is 2.84. The van der Waals surface area contributed by atoms with Gasteiger partial charge in [-0.3, -0.25) is 0 Å². The van der Waals surface area contributed by atoms with Crippen molar-refractivity contribution in [3.8, 4) is 11.5 Å². The minimum Gasteiger partial charge on any atom is -0.398 e. The number of para-hydroxylation sites is 1. The molecule has 0 bridgehead atoms. The van der Waals surface area contributed by atoms with Crippen LogP contribution in [0.4, 0.5) is 5.69 Å². The van der Waals surface area contributed by atoms with E-state index in [1.807, 2.05) is 47.8 Å². The molecule has 1 aliphatic heterocycles. The second kappa shape index (κ2) is 5.24. The third-order valence-corrected chi connectivity index (χ3v) is 5.49. The Morgan fingerprint density at radius 2 is 2.17 bits per heavy atom. The van der Waals surface area contributed by atoms with Crippen molar-refractivity contribution >= 4 is 29.2 Å². The molecule has 94 valence electrons. The number of nitrogens with two attached hydrogens (primary N) is 1. The van der Waals surface area contributed by atoms with Crippen molar-refractivity contribution in [2.75, 3.05) is 23.0 Å². The minimum atomic E-state index is 0.339. The number of rotatable bonds is 2. The summed E-state index contributed by atoms with van der Waals surface area (Å²) in [5, 5.41) is 4.42. The Balaban J connectivity index is 1.87. The van der Waals surface area contributed by atoms with Gasteiger partial charge < -0.3 is 10.3 Å². The zero-order valence-electron chi connectivity index (χ0n) is 9.70. The van der Waals surface area contributed by atoms with Gasteiger partial charge >= 0.3 is 0 Å². The molecule has 3 rings (SSSR count). The van der Waals surface area contributed by atoms with E-state index in [9.17, 15) is 0 Å². The largest absolute Gasteiger partial charge is 0.398 e. The van der Waals surface area contributed by atoms with Crippen molar-refractivity contribution in [1.82, 2.24) is 10.1 Å². The van der Waals surface area contributed by atoms with Gasteiger partial charge in [0.2, 0.25) is 0 Å². The third kappa shape index (κ3) is 2.35. The number of hydrogen-bond donors (Lipinski definition) is 1. The van der Waals surface area contributed by atoms with Crippen LogP contribution < -0.4 is 5.73 Å². The van der Waals surface area contributed by atoms with Crippen LogP contribution in [0, 0.1) is 0 Å². The van der Waals surface area contributed by atoms with E-state index in [1.165, 1.54) is 5.75 Å². The summed E-state index contributed by atoms with van der Waals surface area (Å²) in [6.45, 7) is 0. The lowest BCUT2D eigenvalue weighted by molar-refractivity contribution is 0.423. The van der Waals surface area contributed by atoms with Crippen molar-refractivity contribution in [3.05, 3.63) is 30.1 Å². The van der Waals surface area contributed by atoms with Crippen molar-refractivity contribution in [1.29, 1.82) is 0 Å². The molecule has 1 aromatic heterocycles. The van der Waals surface area contributed by atoms with Crippen LogP contribution in [-0.4, -0.2) is 27.4 Å². The average Bonchev–Trinajstić information content (AvgIpc) is 2.90. The van der Waals surface area contributed by atoms with Crippen molar-refractivity contribution in [2.45, 2.75) is 5.25 Å². The topological polar surface area (TPSA) is 64.9 Å². The first-order chi connectivity index (χ1) is 8.84. The van der Waals surface area contributed by atoms with Gasteiger partial charge in [-0.2, -0.15) is 16.7 Å². The van der Waals surface area contributed by atoms with Gasteiger partial charge in [0, 0.05) is 22.9 Å². The van der Waals surface area contributed by atoms with E-state index < -0.39 is 0 Å². The van der Waals surface area contributed by atoms with Gasteiger partial charge in [-0.1, -0.05) is 17.3 Å².